The van der Waals surface area contributed by atoms with Gasteiger partial charge in [0.15, 0.2) is 11.8 Å². The van der Waals surface area contributed by atoms with Gasteiger partial charge < -0.3 is 15.3 Å². The molecule has 0 radical (unpaired) electrons. The van der Waals surface area contributed by atoms with Crippen molar-refractivity contribution in [1.82, 2.24) is 4.57 Å². The van der Waals surface area contributed by atoms with Crippen LogP contribution in [0.3, 0.4) is 0 Å². The molecule has 0 aliphatic carbocycles. The number of carboxylic acids is 1. The van der Waals surface area contributed by atoms with E-state index in [1.165, 1.54) is 16.7 Å². The third-order valence-electron chi connectivity index (χ3n) is 2.85. The molecule has 1 rings (SSSR count). The van der Waals surface area contributed by atoms with Crippen LogP contribution < -0.4 is 0 Å². The Bertz CT molecular complexity index is 403. The summed E-state index contributed by atoms with van der Waals surface area (Å²) < 4.78 is 1.44. The Morgan fingerprint density at radius 1 is 1.11 bits per heavy atom. The maximum absolute atomic E-state index is 10.5. The van der Waals surface area contributed by atoms with Gasteiger partial charge in [-0.05, 0) is 19.3 Å². The smallest absolute Gasteiger partial charge is 0.330 e. The highest BCUT2D eigenvalue weighted by Gasteiger charge is 2.05. The van der Waals surface area contributed by atoms with E-state index in [2.05, 4.69) is 6.58 Å². The van der Waals surface area contributed by atoms with Gasteiger partial charge in [0.25, 0.3) is 0 Å². The Morgan fingerprint density at radius 3 is 2.22 bits per heavy atom. The van der Waals surface area contributed by atoms with Crippen molar-refractivity contribution in [3.05, 3.63) is 24.3 Å². The molecule has 100 valence electrons. The van der Waals surface area contributed by atoms with Crippen molar-refractivity contribution in [3.63, 3.8) is 0 Å². The van der Waals surface area contributed by atoms with Gasteiger partial charge in [0, 0.05) is 24.3 Å². The zero-order chi connectivity index (χ0) is 13.5. The molecule has 0 spiro atoms. The lowest BCUT2D eigenvalue weighted by Crippen LogP contribution is -1.99. The summed E-state index contributed by atoms with van der Waals surface area (Å²) in [5.41, 5.74) is 0.246. The molecule has 0 aliphatic heterocycles. The molecule has 0 fully saturated rings. The molecule has 0 saturated heterocycles. The number of carbonyl (C=O) groups is 1. The second-order valence-corrected chi connectivity index (χ2v) is 4.27. The summed E-state index contributed by atoms with van der Waals surface area (Å²) in [6.45, 7) is 4.03. The van der Waals surface area contributed by atoms with Crippen LogP contribution in [0, 0.1) is 0 Å². The van der Waals surface area contributed by atoms with Crippen LogP contribution in [0.4, 0.5) is 0 Å². The minimum absolute atomic E-state index is 0.0618. The molecule has 1 heterocycles. The number of hydrogen-bond acceptors (Lipinski definition) is 3. The number of rotatable bonds is 8. The lowest BCUT2D eigenvalue weighted by Gasteiger charge is -2.06. The molecule has 0 bridgehead atoms. The fourth-order valence-electron chi connectivity index (χ4n) is 1.74. The normalized spacial score (nSPS) is 10.4. The van der Waals surface area contributed by atoms with Crippen molar-refractivity contribution in [2.45, 2.75) is 38.6 Å². The van der Waals surface area contributed by atoms with Crippen LogP contribution in [0.25, 0.3) is 0 Å². The van der Waals surface area contributed by atoms with Crippen LogP contribution >= 0.6 is 0 Å². The lowest BCUT2D eigenvalue weighted by atomic mass is 10.1. The van der Waals surface area contributed by atoms with Gasteiger partial charge in [0.05, 0.1) is 0 Å². The molecule has 1 aromatic rings. The Labute approximate surface area is 106 Å². The summed E-state index contributed by atoms with van der Waals surface area (Å²) in [5.74, 6) is -0.810. The molecular weight excluding hydrogens is 234 g/mol. The SMILES string of the molecule is C=C(CCCCCCn1c(O)ccc1O)C(=O)O. The van der Waals surface area contributed by atoms with Crippen molar-refractivity contribution < 1.29 is 20.1 Å². The largest absolute Gasteiger partial charge is 0.494 e. The fourth-order valence-corrected chi connectivity index (χ4v) is 1.74. The summed E-state index contributed by atoms with van der Waals surface area (Å²) in [6, 6.07) is 2.90. The number of aromatic nitrogens is 1. The predicted octanol–water partition coefficient (Wildman–Crippen LogP) is 2.49. The van der Waals surface area contributed by atoms with E-state index < -0.39 is 5.97 Å². The second-order valence-electron chi connectivity index (χ2n) is 4.27. The molecule has 0 unspecified atom stereocenters. The van der Waals surface area contributed by atoms with E-state index in [-0.39, 0.29) is 17.3 Å². The topological polar surface area (TPSA) is 82.7 Å². The Hall–Kier alpha value is -1.91. The molecule has 0 aromatic carbocycles. The van der Waals surface area contributed by atoms with Crippen molar-refractivity contribution in [2.75, 3.05) is 0 Å². The predicted molar refractivity (Wildman–Crippen MR) is 67.6 cm³/mol. The molecule has 5 heteroatoms. The second kappa shape index (κ2) is 6.74. The summed E-state index contributed by atoms with van der Waals surface area (Å²) in [7, 11) is 0. The average molecular weight is 253 g/mol. The van der Waals surface area contributed by atoms with Crippen LogP contribution in [0.1, 0.15) is 32.1 Å². The fraction of sp³-hybridized carbons (Fsp3) is 0.462. The van der Waals surface area contributed by atoms with Crippen LogP contribution in [0.5, 0.6) is 11.8 Å². The summed E-state index contributed by atoms with van der Waals surface area (Å²) >= 11 is 0. The summed E-state index contributed by atoms with van der Waals surface area (Å²) in [5, 5.41) is 27.4. The summed E-state index contributed by atoms with van der Waals surface area (Å²) in [4.78, 5) is 10.5. The molecule has 0 amide bonds. The van der Waals surface area contributed by atoms with E-state index >= 15 is 0 Å². The zero-order valence-corrected chi connectivity index (χ0v) is 10.3. The number of nitrogens with zero attached hydrogens (tertiary/aromatic N) is 1. The monoisotopic (exact) mass is 253 g/mol. The Morgan fingerprint density at radius 2 is 1.67 bits per heavy atom. The first kappa shape index (κ1) is 14.2. The van der Waals surface area contributed by atoms with Gasteiger partial charge in [-0.25, -0.2) is 4.79 Å². The highest BCUT2D eigenvalue weighted by molar-refractivity contribution is 5.85. The van der Waals surface area contributed by atoms with Gasteiger partial charge in [-0.2, -0.15) is 0 Å². The van der Waals surface area contributed by atoms with E-state index in [0.29, 0.717) is 13.0 Å². The van der Waals surface area contributed by atoms with E-state index in [4.69, 9.17) is 5.11 Å². The molecular formula is C13H19NO4. The highest BCUT2D eigenvalue weighted by Crippen LogP contribution is 2.21. The van der Waals surface area contributed by atoms with Gasteiger partial charge >= 0.3 is 5.97 Å². The first-order chi connectivity index (χ1) is 8.52. The summed E-state index contributed by atoms with van der Waals surface area (Å²) in [6.07, 6.45) is 3.97. The molecule has 0 aliphatic rings. The number of aromatic hydroxyl groups is 2. The van der Waals surface area contributed by atoms with Gasteiger partial charge in [-0.3, -0.25) is 4.57 Å². The Balaban J connectivity index is 2.13. The van der Waals surface area contributed by atoms with Gasteiger partial charge in [-0.15, -0.1) is 0 Å². The van der Waals surface area contributed by atoms with E-state index in [9.17, 15) is 15.0 Å². The van der Waals surface area contributed by atoms with Crippen molar-refractivity contribution in [2.24, 2.45) is 0 Å². The first-order valence-corrected chi connectivity index (χ1v) is 6.01. The molecule has 0 atom stereocenters. The minimum Gasteiger partial charge on any atom is -0.494 e. The van der Waals surface area contributed by atoms with Crippen LogP contribution in [-0.4, -0.2) is 25.9 Å². The highest BCUT2D eigenvalue weighted by atomic mass is 16.4. The standard InChI is InChI=1S/C13H19NO4/c1-10(13(17)18)6-4-2-3-5-9-14-11(15)7-8-12(14)16/h7-8,15-16H,1-6,9H2,(H,17,18). The van der Waals surface area contributed by atoms with Crippen LogP contribution in [-0.2, 0) is 11.3 Å². The zero-order valence-electron chi connectivity index (χ0n) is 10.3. The van der Waals surface area contributed by atoms with Crippen molar-refractivity contribution >= 4 is 5.97 Å². The molecule has 1 aromatic heterocycles. The van der Waals surface area contributed by atoms with E-state index in [1.807, 2.05) is 0 Å². The molecule has 0 saturated carbocycles. The number of unbranched alkanes of at least 4 members (excludes halogenated alkanes) is 3. The van der Waals surface area contributed by atoms with E-state index in [0.717, 1.165) is 25.7 Å². The maximum Gasteiger partial charge on any atom is 0.330 e. The number of carboxylic acid groups (broad SMARTS) is 1. The average Bonchev–Trinajstić information content (AvgIpc) is 2.64. The minimum atomic E-state index is -0.933. The van der Waals surface area contributed by atoms with Crippen molar-refractivity contribution in [1.29, 1.82) is 0 Å². The van der Waals surface area contributed by atoms with Crippen molar-refractivity contribution in [3.8, 4) is 11.8 Å². The molecule has 18 heavy (non-hydrogen) atoms. The van der Waals surface area contributed by atoms with E-state index in [1.54, 1.807) is 0 Å². The van der Waals surface area contributed by atoms with Gasteiger partial charge in [-0.1, -0.05) is 19.4 Å². The maximum atomic E-state index is 10.5. The number of aliphatic carboxylic acids is 1. The molecule has 3 N–H and O–H groups in total. The van der Waals surface area contributed by atoms with Gasteiger partial charge in [0.1, 0.15) is 0 Å². The third-order valence-corrected chi connectivity index (χ3v) is 2.85. The van der Waals surface area contributed by atoms with Gasteiger partial charge in [0.2, 0.25) is 0 Å². The van der Waals surface area contributed by atoms with Crippen LogP contribution in [0.2, 0.25) is 0 Å². The quantitative estimate of drug-likeness (QED) is 0.491. The lowest BCUT2D eigenvalue weighted by molar-refractivity contribution is -0.132. The Kier molecular flexibility index (Phi) is 5.30. The number of hydrogen-bond donors (Lipinski definition) is 3. The molecule has 5 nitrogen and oxygen atoms in total. The third kappa shape index (κ3) is 4.16. The first-order valence-electron chi connectivity index (χ1n) is 6.01. The van der Waals surface area contributed by atoms with Crippen LogP contribution in [0.15, 0.2) is 24.3 Å².